The molecule has 0 spiro atoms. The van der Waals surface area contributed by atoms with Crippen LogP contribution in [0.4, 0.5) is 5.13 Å². The molecule has 0 unspecified atom stereocenters. The van der Waals surface area contributed by atoms with E-state index in [0.29, 0.717) is 17.9 Å². The molecule has 0 saturated carbocycles. The van der Waals surface area contributed by atoms with Gasteiger partial charge in [0.1, 0.15) is 5.75 Å². The monoisotopic (exact) mass is 474 g/mol. The second kappa shape index (κ2) is 9.60. The van der Waals surface area contributed by atoms with E-state index in [0.717, 1.165) is 54.1 Å². The minimum absolute atomic E-state index is 0.0959. The number of thiazole rings is 1. The summed E-state index contributed by atoms with van der Waals surface area (Å²) in [5, 5.41) is 6.28. The molecule has 1 fully saturated rings. The standard InChI is InChI=1S/C27H30N4O2S/c1-18-14-19(2)25-24(15-18)34-27(29-25)31-12-10-30(11-13-31)9-8-28-26(32)22-16-20-6-4-5-7-21(20)17-23(22)33-3/h4-7,14-17H,8-13H2,1-3H3,(H,28,32). The first-order chi connectivity index (χ1) is 16.5. The molecule has 1 aromatic heterocycles. The van der Waals surface area contributed by atoms with Gasteiger partial charge in [-0.05, 0) is 53.9 Å². The number of piperazine rings is 1. The van der Waals surface area contributed by atoms with Crippen LogP contribution in [-0.4, -0.2) is 62.2 Å². The molecular formula is C27H30N4O2S. The Morgan fingerprint density at radius 1 is 1.06 bits per heavy atom. The SMILES string of the molecule is COc1cc2ccccc2cc1C(=O)NCCN1CCN(c2nc3c(C)cc(C)cc3s2)CC1. The number of ether oxygens (including phenoxy) is 1. The molecule has 3 aromatic carbocycles. The van der Waals surface area contributed by atoms with Gasteiger partial charge in [-0.2, -0.15) is 0 Å². The number of rotatable bonds is 6. The Kier molecular flexibility index (Phi) is 6.39. The van der Waals surface area contributed by atoms with Gasteiger partial charge in [0.05, 0.1) is 22.9 Å². The molecule has 1 aliphatic heterocycles. The van der Waals surface area contributed by atoms with E-state index in [1.807, 2.05) is 36.4 Å². The zero-order valence-electron chi connectivity index (χ0n) is 19.9. The van der Waals surface area contributed by atoms with Crippen LogP contribution in [0, 0.1) is 13.8 Å². The van der Waals surface area contributed by atoms with Gasteiger partial charge in [0.15, 0.2) is 5.13 Å². The molecule has 1 saturated heterocycles. The third-order valence-electron chi connectivity index (χ3n) is 6.49. The van der Waals surface area contributed by atoms with Gasteiger partial charge in [-0.1, -0.05) is 41.7 Å². The Bertz CT molecular complexity index is 1340. The van der Waals surface area contributed by atoms with E-state index in [1.165, 1.54) is 15.8 Å². The fourth-order valence-electron chi connectivity index (χ4n) is 4.65. The molecule has 1 N–H and O–H groups in total. The number of aryl methyl sites for hydroxylation is 2. The quantitative estimate of drug-likeness (QED) is 0.442. The number of anilines is 1. The maximum Gasteiger partial charge on any atom is 0.255 e. The van der Waals surface area contributed by atoms with Gasteiger partial charge >= 0.3 is 0 Å². The molecule has 0 atom stereocenters. The number of carbonyl (C=O) groups is 1. The van der Waals surface area contributed by atoms with Crippen molar-refractivity contribution in [3.05, 3.63) is 65.2 Å². The zero-order chi connectivity index (χ0) is 23.7. The highest BCUT2D eigenvalue weighted by Gasteiger charge is 2.21. The third kappa shape index (κ3) is 4.58. The van der Waals surface area contributed by atoms with E-state index in [9.17, 15) is 4.79 Å². The van der Waals surface area contributed by atoms with Crippen LogP contribution in [0.5, 0.6) is 5.75 Å². The van der Waals surface area contributed by atoms with Gasteiger partial charge in [0.2, 0.25) is 0 Å². The molecule has 6 nitrogen and oxygen atoms in total. The Hall–Kier alpha value is -3.16. The molecule has 7 heteroatoms. The van der Waals surface area contributed by atoms with Crippen molar-refractivity contribution in [2.24, 2.45) is 0 Å². The molecule has 1 amide bonds. The second-order valence-electron chi connectivity index (χ2n) is 8.91. The van der Waals surface area contributed by atoms with Crippen molar-refractivity contribution in [1.29, 1.82) is 0 Å². The van der Waals surface area contributed by atoms with Crippen molar-refractivity contribution < 1.29 is 9.53 Å². The van der Waals surface area contributed by atoms with E-state index in [4.69, 9.17) is 9.72 Å². The predicted molar refractivity (Wildman–Crippen MR) is 141 cm³/mol. The van der Waals surface area contributed by atoms with Gasteiger partial charge in [-0.3, -0.25) is 9.69 Å². The molecule has 0 radical (unpaired) electrons. The molecule has 2 heterocycles. The fraction of sp³-hybridized carbons (Fsp3) is 0.333. The lowest BCUT2D eigenvalue weighted by Gasteiger charge is -2.34. The van der Waals surface area contributed by atoms with Gasteiger partial charge in [0.25, 0.3) is 5.91 Å². The average molecular weight is 475 g/mol. The van der Waals surface area contributed by atoms with Crippen molar-refractivity contribution in [2.45, 2.75) is 13.8 Å². The first-order valence-electron chi connectivity index (χ1n) is 11.7. The predicted octanol–water partition coefficient (Wildman–Crippen LogP) is 4.63. The Balaban J connectivity index is 1.15. The summed E-state index contributed by atoms with van der Waals surface area (Å²) in [4.78, 5) is 22.6. The van der Waals surface area contributed by atoms with Crippen LogP contribution < -0.4 is 15.0 Å². The smallest absolute Gasteiger partial charge is 0.255 e. The summed E-state index contributed by atoms with van der Waals surface area (Å²) < 4.78 is 6.74. The largest absolute Gasteiger partial charge is 0.496 e. The van der Waals surface area contributed by atoms with E-state index in [1.54, 1.807) is 18.4 Å². The van der Waals surface area contributed by atoms with Crippen molar-refractivity contribution in [3.8, 4) is 5.75 Å². The molecule has 176 valence electrons. The first-order valence-corrected chi connectivity index (χ1v) is 12.5. The molecule has 0 bridgehead atoms. The lowest BCUT2D eigenvalue weighted by atomic mass is 10.1. The number of hydrogen-bond acceptors (Lipinski definition) is 6. The van der Waals surface area contributed by atoms with Gasteiger partial charge < -0.3 is 15.0 Å². The third-order valence-corrected chi connectivity index (χ3v) is 7.55. The summed E-state index contributed by atoms with van der Waals surface area (Å²) in [6, 6.07) is 16.3. The van der Waals surface area contributed by atoms with E-state index in [2.05, 4.69) is 41.1 Å². The van der Waals surface area contributed by atoms with E-state index in [-0.39, 0.29) is 5.91 Å². The summed E-state index contributed by atoms with van der Waals surface area (Å²) in [5.41, 5.74) is 4.23. The second-order valence-corrected chi connectivity index (χ2v) is 9.92. The Labute approximate surface area is 204 Å². The number of benzene rings is 3. The van der Waals surface area contributed by atoms with Crippen LogP contribution in [0.1, 0.15) is 21.5 Å². The lowest BCUT2D eigenvalue weighted by molar-refractivity contribution is 0.0945. The first kappa shape index (κ1) is 22.6. The highest BCUT2D eigenvalue weighted by Crippen LogP contribution is 2.32. The minimum atomic E-state index is -0.0959. The summed E-state index contributed by atoms with van der Waals surface area (Å²) in [6.45, 7) is 9.53. The topological polar surface area (TPSA) is 57.7 Å². The van der Waals surface area contributed by atoms with Crippen LogP contribution in [0.25, 0.3) is 21.0 Å². The highest BCUT2D eigenvalue weighted by atomic mass is 32.1. The molecule has 4 aromatic rings. The number of hydrogen-bond donors (Lipinski definition) is 1. The van der Waals surface area contributed by atoms with E-state index < -0.39 is 0 Å². The number of carbonyl (C=O) groups excluding carboxylic acids is 1. The summed E-state index contributed by atoms with van der Waals surface area (Å²) in [6.07, 6.45) is 0. The molecule has 1 aliphatic rings. The number of fused-ring (bicyclic) bond motifs is 2. The summed E-state index contributed by atoms with van der Waals surface area (Å²) in [5.74, 6) is 0.507. The van der Waals surface area contributed by atoms with Crippen molar-refractivity contribution in [1.82, 2.24) is 15.2 Å². The maximum absolute atomic E-state index is 12.9. The van der Waals surface area contributed by atoms with Crippen LogP contribution in [0.2, 0.25) is 0 Å². The fourth-order valence-corrected chi connectivity index (χ4v) is 5.84. The number of amides is 1. The summed E-state index contributed by atoms with van der Waals surface area (Å²) >= 11 is 1.78. The van der Waals surface area contributed by atoms with Gasteiger partial charge in [-0.15, -0.1) is 0 Å². The number of nitrogens with zero attached hydrogens (tertiary/aromatic N) is 3. The van der Waals surface area contributed by atoms with Gasteiger partial charge in [0, 0.05) is 39.3 Å². The van der Waals surface area contributed by atoms with Crippen LogP contribution in [0.15, 0.2) is 48.5 Å². The van der Waals surface area contributed by atoms with Crippen molar-refractivity contribution >= 4 is 43.4 Å². The Morgan fingerprint density at radius 3 is 2.53 bits per heavy atom. The van der Waals surface area contributed by atoms with Gasteiger partial charge in [-0.25, -0.2) is 4.98 Å². The summed E-state index contributed by atoms with van der Waals surface area (Å²) in [7, 11) is 1.61. The molecular weight excluding hydrogens is 444 g/mol. The van der Waals surface area contributed by atoms with E-state index >= 15 is 0 Å². The Morgan fingerprint density at radius 2 is 1.79 bits per heavy atom. The minimum Gasteiger partial charge on any atom is -0.496 e. The number of aromatic nitrogens is 1. The van der Waals surface area contributed by atoms with Crippen molar-refractivity contribution in [3.63, 3.8) is 0 Å². The van der Waals surface area contributed by atoms with Crippen LogP contribution >= 0.6 is 11.3 Å². The van der Waals surface area contributed by atoms with Crippen molar-refractivity contribution in [2.75, 3.05) is 51.3 Å². The molecule has 0 aliphatic carbocycles. The molecule has 34 heavy (non-hydrogen) atoms. The molecule has 5 rings (SSSR count). The maximum atomic E-state index is 12.9. The zero-order valence-corrected chi connectivity index (χ0v) is 20.7. The normalized spacial score (nSPS) is 14.6. The highest BCUT2D eigenvalue weighted by molar-refractivity contribution is 7.22. The number of nitrogens with one attached hydrogen (secondary N) is 1. The van der Waals surface area contributed by atoms with Crippen LogP contribution in [-0.2, 0) is 0 Å². The number of methoxy groups -OCH3 is 1. The van der Waals surface area contributed by atoms with Crippen LogP contribution in [0.3, 0.4) is 0 Å². The lowest BCUT2D eigenvalue weighted by Crippen LogP contribution is -2.48. The average Bonchev–Trinajstić information content (AvgIpc) is 3.28.